The third-order valence-electron chi connectivity index (χ3n) is 2.77. The van der Waals surface area contributed by atoms with Gasteiger partial charge in [-0.2, -0.15) is 0 Å². The summed E-state index contributed by atoms with van der Waals surface area (Å²) < 4.78 is 0. The molecular weight excluding hydrogens is 272 g/mol. The Bertz CT molecular complexity index is 651. The SMILES string of the molecule is CN(C)C(=O)c1ccc(Nc2ccc([N+](=O)[O-])cn2)cc1. The van der Waals surface area contributed by atoms with Crippen molar-refractivity contribution in [2.75, 3.05) is 19.4 Å². The summed E-state index contributed by atoms with van der Waals surface area (Å²) in [5.41, 5.74) is 1.27. The van der Waals surface area contributed by atoms with Crippen LogP contribution in [0.5, 0.6) is 0 Å². The number of anilines is 2. The smallest absolute Gasteiger partial charge is 0.287 e. The molecule has 7 heteroatoms. The molecule has 0 saturated carbocycles. The number of nitrogens with one attached hydrogen (secondary N) is 1. The zero-order valence-electron chi connectivity index (χ0n) is 11.6. The molecule has 2 aromatic rings. The molecule has 0 saturated heterocycles. The van der Waals surface area contributed by atoms with Gasteiger partial charge >= 0.3 is 0 Å². The van der Waals surface area contributed by atoms with Gasteiger partial charge in [0.25, 0.3) is 11.6 Å². The lowest BCUT2D eigenvalue weighted by atomic mass is 10.2. The van der Waals surface area contributed by atoms with Crippen molar-refractivity contribution < 1.29 is 9.72 Å². The molecule has 0 bridgehead atoms. The predicted octanol–water partition coefficient (Wildman–Crippen LogP) is 2.44. The van der Waals surface area contributed by atoms with Gasteiger partial charge in [-0.25, -0.2) is 4.98 Å². The zero-order chi connectivity index (χ0) is 15.4. The summed E-state index contributed by atoms with van der Waals surface area (Å²) in [6.07, 6.45) is 1.19. The molecule has 7 nitrogen and oxygen atoms in total. The second-order valence-corrected chi connectivity index (χ2v) is 4.56. The molecule has 1 aromatic carbocycles. The van der Waals surface area contributed by atoms with E-state index in [-0.39, 0.29) is 11.6 Å². The zero-order valence-corrected chi connectivity index (χ0v) is 11.6. The summed E-state index contributed by atoms with van der Waals surface area (Å²) >= 11 is 0. The Kier molecular flexibility index (Phi) is 4.13. The molecule has 0 aliphatic rings. The molecule has 1 aromatic heterocycles. The second kappa shape index (κ2) is 6.00. The van der Waals surface area contributed by atoms with E-state index >= 15 is 0 Å². The van der Waals surface area contributed by atoms with E-state index in [0.29, 0.717) is 11.4 Å². The first-order valence-corrected chi connectivity index (χ1v) is 6.16. The van der Waals surface area contributed by atoms with Gasteiger partial charge in [-0.3, -0.25) is 14.9 Å². The van der Waals surface area contributed by atoms with Gasteiger partial charge in [-0.15, -0.1) is 0 Å². The fourth-order valence-electron chi connectivity index (χ4n) is 1.67. The Morgan fingerprint density at radius 2 is 1.86 bits per heavy atom. The molecule has 0 aliphatic carbocycles. The first kappa shape index (κ1) is 14.4. The van der Waals surface area contributed by atoms with E-state index in [2.05, 4.69) is 10.3 Å². The van der Waals surface area contributed by atoms with Crippen LogP contribution in [-0.4, -0.2) is 34.8 Å². The van der Waals surface area contributed by atoms with Crippen molar-refractivity contribution in [2.45, 2.75) is 0 Å². The van der Waals surface area contributed by atoms with E-state index in [4.69, 9.17) is 0 Å². The standard InChI is InChI=1S/C14H14N4O3/c1-17(2)14(19)10-3-5-11(6-4-10)16-13-8-7-12(9-15-13)18(20)21/h3-9H,1-2H3,(H,15,16). The number of benzene rings is 1. The number of carbonyl (C=O) groups excluding carboxylic acids is 1. The van der Waals surface area contributed by atoms with Crippen LogP contribution in [-0.2, 0) is 0 Å². The van der Waals surface area contributed by atoms with Gasteiger partial charge < -0.3 is 10.2 Å². The van der Waals surface area contributed by atoms with Crippen LogP contribution in [0.2, 0.25) is 0 Å². The van der Waals surface area contributed by atoms with Gasteiger partial charge in [0, 0.05) is 31.4 Å². The number of carbonyl (C=O) groups is 1. The van der Waals surface area contributed by atoms with Crippen molar-refractivity contribution >= 4 is 23.1 Å². The van der Waals surface area contributed by atoms with Crippen molar-refractivity contribution in [2.24, 2.45) is 0 Å². The van der Waals surface area contributed by atoms with Gasteiger partial charge in [-0.05, 0) is 30.3 Å². The highest BCUT2D eigenvalue weighted by atomic mass is 16.6. The second-order valence-electron chi connectivity index (χ2n) is 4.56. The maximum absolute atomic E-state index is 11.7. The molecule has 0 aliphatic heterocycles. The van der Waals surface area contributed by atoms with Crippen LogP contribution in [0.15, 0.2) is 42.6 Å². The van der Waals surface area contributed by atoms with E-state index in [1.54, 1.807) is 38.4 Å². The van der Waals surface area contributed by atoms with E-state index in [9.17, 15) is 14.9 Å². The minimum absolute atomic E-state index is 0.0625. The van der Waals surface area contributed by atoms with Crippen LogP contribution in [0.3, 0.4) is 0 Å². The maximum atomic E-state index is 11.7. The fourth-order valence-corrected chi connectivity index (χ4v) is 1.67. The first-order chi connectivity index (χ1) is 9.97. The van der Waals surface area contributed by atoms with Gasteiger partial charge in [-0.1, -0.05) is 0 Å². The molecule has 0 spiro atoms. The molecule has 1 amide bonds. The Morgan fingerprint density at radius 3 is 2.33 bits per heavy atom. The molecule has 108 valence electrons. The largest absolute Gasteiger partial charge is 0.345 e. The molecule has 1 heterocycles. The molecule has 0 radical (unpaired) electrons. The van der Waals surface area contributed by atoms with Crippen molar-refractivity contribution in [1.29, 1.82) is 0 Å². The minimum atomic E-state index is -0.502. The summed E-state index contributed by atoms with van der Waals surface area (Å²) in [6.45, 7) is 0. The van der Waals surface area contributed by atoms with E-state index in [1.165, 1.54) is 23.2 Å². The maximum Gasteiger partial charge on any atom is 0.287 e. The van der Waals surface area contributed by atoms with Crippen LogP contribution in [0.4, 0.5) is 17.2 Å². The first-order valence-electron chi connectivity index (χ1n) is 6.16. The van der Waals surface area contributed by atoms with Crippen LogP contribution < -0.4 is 5.32 Å². The Labute approximate surface area is 121 Å². The van der Waals surface area contributed by atoms with Gasteiger partial charge in [0.15, 0.2) is 0 Å². The highest BCUT2D eigenvalue weighted by molar-refractivity contribution is 5.94. The van der Waals surface area contributed by atoms with Crippen LogP contribution in [0, 0.1) is 10.1 Å². The average Bonchev–Trinajstić information content (AvgIpc) is 2.47. The van der Waals surface area contributed by atoms with Crippen molar-refractivity contribution in [3.05, 3.63) is 58.3 Å². The summed E-state index contributed by atoms with van der Waals surface area (Å²) in [5.74, 6) is 0.419. The van der Waals surface area contributed by atoms with E-state index in [0.717, 1.165) is 5.69 Å². The number of amides is 1. The molecule has 0 fully saturated rings. The van der Waals surface area contributed by atoms with Gasteiger partial charge in [0.1, 0.15) is 12.0 Å². The Morgan fingerprint density at radius 1 is 1.19 bits per heavy atom. The van der Waals surface area contributed by atoms with E-state index < -0.39 is 4.92 Å². The molecule has 2 rings (SSSR count). The normalized spacial score (nSPS) is 10.0. The topological polar surface area (TPSA) is 88.4 Å². The van der Waals surface area contributed by atoms with Crippen molar-refractivity contribution in [3.8, 4) is 0 Å². The minimum Gasteiger partial charge on any atom is -0.345 e. The summed E-state index contributed by atoms with van der Waals surface area (Å²) in [4.78, 5) is 27.2. The number of nitrogens with zero attached hydrogens (tertiary/aromatic N) is 3. The molecule has 1 N–H and O–H groups in total. The molecular formula is C14H14N4O3. The fraction of sp³-hybridized carbons (Fsp3) is 0.143. The highest BCUT2D eigenvalue weighted by Crippen LogP contribution is 2.18. The summed E-state index contributed by atoms with van der Waals surface area (Å²) in [5, 5.41) is 13.5. The van der Waals surface area contributed by atoms with Gasteiger partial charge in [0.2, 0.25) is 0 Å². The molecule has 0 unspecified atom stereocenters. The van der Waals surface area contributed by atoms with Crippen LogP contribution in [0.1, 0.15) is 10.4 Å². The number of hydrogen-bond donors (Lipinski definition) is 1. The van der Waals surface area contributed by atoms with Crippen molar-refractivity contribution in [1.82, 2.24) is 9.88 Å². The number of hydrogen-bond acceptors (Lipinski definition) is 5. The van der Waals surface area contributed by atoms with Gasteiger partial charge in [0.05, 0.1) is 4.92 Å². The van der Waals surface area contributed by atoms with E-state index in [1.807, 2.05) is 0 Å². The molecule has 21 heavy (non-hydrogen) atoms. The average molecular weight is 286 g/mol. The lowest BCUT2D eigenvalue weighted by Crippen LogP contribution is -2.21. The third-order valence-corrected chi connectivity index (χ3v) is 2.77. The van der Waals surface area contributed by atoms with Crippen molar-refractivity contribution in [3.63, 3.8) is 0 Å². The number of pyridine rings is 1. The van der Waals surface area contributed by atoms with Crippen LogP contribution >= 0.6 is 0 Å². The molecule has 0 atom stereocenters. The lowest BCUT2D eigenvalue weighted by molar-refractivity contribution is -0.385. The number of nitro groups is 1. The lowest BCUT2D eigenvalue weighted by Gasteiger charge is -2.11. The highest BCUT2D eigenvalue weighted by Gasteiger charge is 2.08. The number of rotatable bonds is 4. The Balaban J connectivity index is 2.09. The third kappa shape index (κ3) is 3.53. The van der Waals surface area contributed by atoms with Crippen LogP contribution in [0.25, 0.3) is 0 Å². The monoisotopic (exact) mass is 286 g/mol. The Hall–Kier alpha value is -2.96. The summed E-state index contributed by atoms with van der Waals surface area (Å²) in [6, 6.07) is 9.81. The quantitative estimate of drug-likeness (QED) is 0.688. The number of aromatic nitrogens is 1. The summed E-state index contributed by atoms with van der Waals surface area (Å²) in [7, 11) is 3.38. The predicted molar refractivity (Wildman–Crippen MR) is 78.6 cm³/mol.